The molecule has 0 aromatic heterocycles. The number of piperidine rings is 1. The van der Waals surface area contributed by atoms with E-state index in [1.54, 1.807) is 0 Å². The molecule has 1 aromatic carbocycles. The standard InChI is InChI=1S/C15H19BrINO2/c1-2-8-20-12-4-3-7-18(10-12)15(19)13-9-11(16)5-6-14(13)17/h5-6,9,12H,2-4,7-8,10H2,1H3. The second-order valence-electron chi connectivity index (χ2n) is 5.01. The van der Waals surface area contributed by atoms with Crippen molar-refractivity contribution >= 4 is 44.4 Å². The van der Waals surface area contributed by atoms with Gasteiger partial charge in [-0.05, 0) is 60.1 Å². The molecule has 1 amide bonds. The van der Waals surface area contributed by atoms with Crippen molar-refractivity contribution < 1.29 is 9.53 Å². The summed E-state index contributed by atoms with van der Waals surface area (Å²) in [6, 6.07) is 5.83. The molecule has 0 spiro atoms. The van der Waals surface area contributed by atoms with Gasteiger partial charge in [-0.15, -0.1) is 0 Å². The molecule has 2 rings (SSSR count). The van der Waals surface area contributed by atoms with Crippen LogP contribution >= 0.6 is 38.5 Å². The average Bonchev–Trinajstić information content (AvgIpc) is 2.47. The van der Waals surface area contributed by atoms with Gasteiger partial charge in [-0.3, -0.25) is 4.79 Å². The normalized spacial score (nSPS) is 19.1. The molecule has 1 fully saturated rings. The van der Waals surface area contributed by atoms with Crippen molar-refractivity contribution in [2.24, 2.45) is 0 Å². The van der Waals surface area contributed by atoms with Crippen LogP contribution in [0.2, 0.25) is 0 Å². The topological polar surface area (TPSA) is 29.5 Å². The molecule has 0 saturated carbocycles. The lowest BCUT2D eigenvalue weighted by Gasteiger charge is -2.33. The highest BCUT2D eigenvalue weighted by Gasteiger charge is 2.25. The maximum absolute atomic E-state index is 12.6. The number of hydrogen-bond acceptors (Lipinski definition) is 2. The Morgan fingerprint density at radius 1 is 1.55 bits per heavy atom. The third-order valence-corrected chi connectivity index (χ3v) is 4.82. The number of nitrogens with zero attached hydrogens (tertiary/aromatic N) is 1. The van der Waals surface area contributed by atoms with E-state index in [9.17, 15) is 4.79 Å². The Labute approximate surface area is 142 Å². The molecule has 5 heteroatoms. The second-order valence-corrected chi connectivity index (χ2v) is 7.09. The van der Waals surface area contributed by atoms with Crippen LogP contribution < -0.4 is 0 Å². The van der Waals surface area contributed by atoms with Gasteiger partial charge in [0.1, 0.15) is 0 Å². The molecule has 1 saturated heterocycles. The molecular weight excluding hydrogens is 433 g/mol. The Kier molecular flexibility index (Phi) is 6.29. The van der Waals surface area contributed by atoms with Crippen molar-refractivity contribution in [3.05, 3.63) is 31.8 Å². The maximum atomic E-state index is 12.6. The van der Waals surface area contributed by atoms with Crippen LogP contribution in [0.5, 0.6) is 0 Å². The van der Waals surface area contributed by atoms with Gasteiger partial charge in [0.2, 0.25) is 0 Å². The Bertz CT molecular complexity index is 481. The molecule has 1 aromatic rings. The summed E-state index contributed by atoms with van der Waals surface area (Å²) in [6.07, 6.45) is 3.29. The van der Waals surface area contributed by atoms with E-state index < -0.39 is 0 Å². The van der Waals surface area contributed by atoms with E-state index in [-0.39, 0.29) is 12.0 Å². The number of carbonyl (C=O) groups is 1. The van der Waals surface area contributed by atoms with E-state index in [1.165, 1.54) is 0 Å². The molecule has 1 heterocycles. The molecule has 1 unspecified atom stereocenters. The number of carbonyl (C=O) groups excluding carboxylic acids is 1. The highest BCUT2D eigenvalue weighted by atomic mass is 127. The predicted molar refractivity (Wildman–Crippen MR) is 92.0 cm³/mol. The molecule has 1 atom stereocenters. The first-order valence-electron chi connectivity index (χ1n) is 6.97. The van der Waals surface area contributed by atoms with Crippen molar-refractivity contribution in [2.75, 3.05) is 19.7 Å². The minimum Gasteiger partial charge on any atom is -0.376 e. The number of ether oxygens (including phenoxy) is 1. The van der Waals surface area contributed by atoms with Gasteiger partial charge >= 0.3 is 0 Å². The fourth-order valence-corrected chi connectivity index (χ4v) is 3.30. The van der Waals surface area contributed by atoms with Gasteiger partial charge in [-0.2, -0.15) is 0 Å². The van der Waals surface area contributed by atoms with Gasteiger partial charge < -0.3 is 9.64 Å². The molecule has 1 aliphatic rings. The molecule has 20 heavy (non-hydrogen) atoms. The fraction of sp³-hybridized carbons (Fsp3) is 0.533. The van der Waals surface area contributed by atoms with Crippen LogP contribution in [0.4, 0.5) is 0 Å². The minimum atomic E-state index is 0.112. The van der Waals surface area contributed by atoms with Gasteiger partial charge in [0, 0.05) is 27.7 Å². The van der Waals surface area contributed by atoms with E-state index in [0.29, 0.717) is 6.54 Å². The number of amides is 1. The zero-order valence-corrected chi connectivity index (χ0v) is 15.3. The van der Waals surface area contributed by atoms with Gasteiger partial charge in [0.15, 0.2) is 0 Å². The third kappa shape index (κ3) is 4.18. The molecule has 0 radical (unpaired) electrons. The van der Waals surface area contributed by atoms with Gasteiger partial charge in [0.25, 0.3) is 5.91 Å². The zero-order chi connectivity index (χ0) is 14.5. The minimum absolute atomic E-state index is 0.112. The summed E-state index contributed by atoms with van der Waals surface area (Å²) in [6.45, 7) is 4.42. The van der Waals surface area contributed by atoms with E-state index >= 15 is 0 Å². The predicted octanol–water partition coefficient (Wildman–Crippen LogP) is 4.08. The summed E-state index contributed by atoms with van der Waals surface area (Å²) in [5.41, 5.74) is 0.774. The molecular formula is C15H19BrINO2. The molecule has 0 aliphatic carbocycles. The van der Waals surface area contributed by atoms with Crippen LogP contribution in [-0.2, 0) is 4.74 Å². The van der Waals surface area contributed by atoms with Crippen molar-refractivity contribution in [1.82, 2.24) is 4.90 Å². The highest BCUT2D eigenvalue weighted by molar-refractivity contribution is 14.1. The van der Waals surface area contributed by atoms with Crippen LogP contribution in [0, 0.1) is 3.57 Å². The monoisotopic (exact) mass is 451 g/mol. The third-order valence-electron chi connectivity index (χ3n) is 3.38. The molecule has 1 aliphatic heterocycles. The van der Waals surface area contributed by atoms with Crippen LogP contribution in [0.3, 0.4) is 0 Å². The first-order valence-corrected chi connectivity index (χ1v) is 8.85. The van der Waals surface area contributed by atoms with Crippen LogP contribution in [0.15, 0.2) is 22.7 Å². The Hall–Kier alpha value is -0.140. The lowest BCUT2D eigenvalue weighted by Crippen LogP contribution is -2.43. The zero-order valence-electron chi connectivity index (χ0n) is 11.6. The summed E-state index contributed by atoms with van der Waals surface area (Å²) < 4.78 is 7.73. The lowest BCUT2D eigenvalue weighted by molar-refractivity contribution is 0.00207. The van der Waals surface area contributed by atoms with E-state index in [0.717, 1.165) is 46.0 Å². The molecule has 0 bridgehead atoms. The maximum Gasteiger partial charge on any atom is 0.255 e. The highest BCUT2D eigenvalue weighted by Crippen LogP contribution is 2.22. The molecule has 0 N–H and O–H groups in total. The van der Waals surface area contributed by atoms with Gasteiger partial charge in [0.05, 0.1) is 11.7 Å². The Morgan fingerprint density at radius 2 is 2.35 bits per heavy atom. The van der Waals surface area contributed by atoms with Gasteiger partial charge in [-0.1, -0.05) is 22.9 Å². The van der Waals surface area contributed by atoms with Crippen LogP contribution in [0.1, 0.15) is 36.5 Å². The summed E-state index contributed by atoms with van der Waals surface area (Å²) in [5, 5.41) is 0. The summed E-state index contributed by atoms with van der Waals surface area (Å²) in [4.78, 5) is 14.6. The smallest absolute Gasteiger partial charge is 0.255 e. The van der Waals surface area contributed by atoms with E-state index in [4.69, 9.17) is 4.74 Å². The summed E-state index contributed by atoms with van der Waals surface area (Å²) >= 11 is 5.65. The number of likely N-dealkylation sites (tertiary alicyclic amines) is 1. The Morgan fingerprint density at radius 3 is 3.10 bits per heavy atom. The molecule has 3 nitrogen and oxygen atoms in total. The molecule has 110 valence electrons. The summed E-state index contributed by atoms with van der Waals surface area (Å²) in [7, 11) is 0. The first-order chi connectivity index (χ1) is 9.61. The van der Waals surface area contributed by atoms with Crippen molar-refractivity contribution in [1.29, 1.82) is 0 Å². The van der Waals surface area contributed by atoms with Crippen LogP contribution in [-0.4, -0.2) is 36.6 Å². The summed E-state index contributed by atoms with van der Waals surface area (Å²) in [5.74, 6) is 0.112. The number of hydrogen-bond donors (Lipinski definition) is 0. The SMILES string of the molecule is CCCOC1CCCN(C(=O)c2cc(Br)ccc2I)C1. The Balaban J connectivity index is 2.06. The first kappa shape index (κ1) is 16.2. The number of halogens is 2. The lowest BCUT2D eigenvalue weighted by atomic mass is 10.1. The van der Waals surface area contributed by atoms with Crippen molar-refractivity contribution in [3.63, 3.8) is 0 Å². The quantitative estimate of drug-likeness (QED) is 0.645. The number of benzene rings is 1. The second kappa shape index (κ2) is 7.75. The largest absolute Gasteiger partial charge is 0.376 e. The van der Waals surface area contributed by atoms with Crippen molar-refractivity contribution in [2.45, 2.75) is 32.3 Å². The van der Waals surface area contributed by atoms with E-state index in [1.807, 2.05) is 23.1 Å². The van der Waals surface area contributed by atoms with Crippen molar-refractivity contribution in [3.8, 4) is 0 Å². The van der Waals surface area contributed by atoms with Crippen LogP contribution in [0.25, 0.3) is 0 Å². The number of rotatable bonds is 4. The fourth-order valence-electron chi connectivity index (χ4n) is 2.37. The van der Waals surface area contributed by atoms with Gasteiger partial charge in [-0.25, -0.2) is 0 Å². The van der Waals surface area contributed by atoms with E-state index in [2.05, 4.69) is 45.4 Å². The average molecular weight is 452 g/mol.